The SMILES string of the molecule is O=CCn1c(=O)c(F)cc2ccc(F)cc21. The van der Waals surface area contributed by atoms with Crippen LogP contribution >= 0.6 is 0 Å². The van der Waals surface area contributed by atoms with Crippen LogP contribution in [0.15, 0.2) is 29.1 Å². The fourth-order valence-corrected chi connectivity index (χ4v) is 1.57. The quantitative estimate of drug-likeness (QED) is 0.723. The minimum atomic E-state index is -0.957. The van der Waals surface area contributed by atoms with E-state index in [0.29, 0.717) is 11.7 Å². The number of nitrogens with zero attached hydrogens (tertiary/aromatic N) is 1. The highest BCUT2D eigenvalue weighted by Crippen LogP contribution is 2.14. The van der Waals surface area contributed by atoms with Gasteiger partial charge < -0.3 is 4.79 Å². The summed E-state index contributed by atoms with van der Waals surface area (Å²) in [4.78, 5) is 21.8. The minimum absolute atomic E-state index is 0.207. The maximum atomic E-state index is 13.2. The molecule has 0 aliphatic carbocycles. The van der Waals surface area contributed by atoms with Crippen LogP contribution in [0.1, 0.15) is 0 Å². The predicted octanol–water partition coefficient (Wildman–Crippen LogP) is 1.48. The van der Waals surface area contributed by atoms with E-state index in [9.17, 15) is 18.4 Å². The number of pyridine rings is 1. The molecule has 5 heteroatoms. The first-order valence-electron chi connectivity index (χ1n) is 4.55. The molecular weight excluding hydrogens is 216 g/mol. The van der Waals surface area contributed by atoms with Gasteiger partial charge in [0, 0.05) is 5.39 Å². The van der Waals surface area contributed by atoms with Crippen molar-refractivity contribution in [3.8, 4) is 0 Å². The second kappa shape index (κ2) is 3.84. The Morgan fingerprint density at radius 3 is 2.69 bits per heavy atom. The highest BCUT2D eigenvalue weighted by atomic mass is 19.1. The molecule has 82 valence electrons. The van der Waals surface area contributed by atoms with E-state index in [4.69, 9.17) is 0 Å². The van der Waals surface area contributed by atoms with Crippen molar-refractivity contribution in [1.82, 2.24) is 4.57 Å². The van der Waals surface area contributed by atoms with Crippen LogP contribution in [0.2, 0.25) is 0 Å². The summed E-state index contributed by atoms with van der Waals surface area (Å²) >= 11 is 0. The molecule has 1 aromatic carbocycles. The summed E-state index contributed by atoms with van der Waals surface area (Å²) in [6, 6.07) is 4.64. The number of hydrogen-bond acceptors (Lipinski definition) is 2. The molecule has 0 radical (unpaired) electrons. The first-order chi connectivity index (χ1) is 7.63. The molecule has 0 saturated carbocycles. The molecule has 0 atom stereocenters. The number of hydrogen-bond donors (Lipinski definition) is 0. The molecule has 2 aromatic rings. The molecule has 3 nitrogen and oxygen atoms in total. The average Bonchev–Trinajstić information content (AvgIpc) is 2.26. The van der Waals surface area contributed by atoms with E-state index in [1.165, 1.54) is 6.07 Å². The van der Waals surface area contributed by atoms with Crippen molar-refractivity contribution in [1.29, 1.82) is 0 Å². The third-order valence-electron chi connectivity index (χ3n) is 2.27. The smallest absolute Gasteiger partial charge is 0.287 e. The zero-order chi connectivity index (χ0) is 11.7. The molecule has 0 unspecified atom stereocenters. The fourth-order valence-electron chi connectivity index (χ4n) is 1.57. The van der Waals surface area contributed by atoms with E-state index in [0.717, 1.165) is 22.8 Å². The Morgan fingerprint density at radius 1 is 1.25 bits per heavy atom. The van der Waals surface area contributed by atoms with E-state index in [-0.39, 0.29) is 12.1 Å². The number of benzene rings is 1. The number of aldehydes is 1. The average molecular weight is 223 g/mol. The molecule has 0 fully saturated rings. The van der Waals surface area contributed by atoms with Crippen molar-refractivity contribution >= 4 is 17.2 Å². The number of fused-ring (bicyclic) bond motifs is 1. The van der Waals surface area contributed by atoms with E-state index in [1.807, 2.05) is 0 Å². The molecule has 1 heterocycles. The van der Waals surface area contributed by atoms with Crippen LogP contribution in [0, 0.1) is 11.6 Å². The molecule has 0 amide bonds. The van der Waals surface area contributed by atoms with Crippen LogP contribution in [0.25, 0.3) is 10.9 Å². The number of halogens is 2. The minimum Gasteiger partial charge on any atom is -0.301 e. The van der Waals surface area contributed by atoms with Crippen LogP contribution in [-0.4, -0.2) is 10.9 Å². The molecule has 0 bridgehead atoms. The van der Waals surface area contributed by atoms with Gasteiger partial charge in [-0.3, -0.25) is 9.36 Å². The van der Waals surface area contributed by atoms with Crippen LogP contribution in [0.4, 0.5) is 8.78 Å². The van der Waals surface area contributed by atoms with Gasteiger partial charge in [0.1, 0.15) is 12.1 Å². The van der Waals surface area contributed by atoms with Crippen molar-refractivity contribution < 1.29 is 13.6 Å². The van der Waals surface area contributed by atoms with E-state index in [2.05, 4.69) is 0 Å². The predicted molar refractivity (Wildman–Crippen MR) is 54.2 cm³/mol. The maximum absolute atomic E-state index is 13.2. The Hall–Kier alpha value is -2.04. The van der Waals surface area contributed by atoms with Gasteiger partial charge in [-0.25, -0.2) is 8.78 Å². The molecule has 0 aliphatic rings. The summed E-state index contributed by atoms with van der Waals surface area (Å²) in [5.41, 5.74) is -0.719. The summed E-state index contributed by atoms with van der Waals surface area (Å²) in [5, 5.41) is 0.375. The van der Waals surface area contributed by atoms with Gasteiger partial charge in [0.2, 0.25) is 0 Å². The zero-order valence-electron chi connectivity index (χ0n) is 8.11. The molecule has 0 spiro atoms. The summed E-state index contributed by atoms with van der Waals surface area (Å²) in [6.07, 6.45) is 0.463. The van der Waals surface area contributed by atoms with Crippen molar-refractivity contribution in [2.24, 2.45) is 0 Å². The van der Waals surface area contributed by atoms with Gasteiger partial charge in [-0.05, 0) is 24.3 Å². The van der Waals surface area contributed by atoms with Crippen molar-refractivity contribution in [3.05, 3.63) is 46.3 Å². The largest absolute Gasteiger partial charge is 0.301 e. The topological polar surface area (TPSA) is 39.1 Å². The first kappa shape index (κ1) is 10.5. The van der Waals surface area contributed by atoms with E-state index >= 15 is 0 Å². The third-order valence-corrected chi connectivity index (χ3v) is 2.27. The second-order valence-electron chi connectivity index (χ2n) is 3.28. The van der Waals surface area contributed by atoms with Gasteiger partial charge >= 0.3 is 0 Å². The third kappa shape index (κ3) is 1.60. The number of rotatable bonds is 2. The standard InChI is InChI=1S/C11H7F2NO2/c12-8-2-1-7-5-9(13)11(16)14(3-4-15)10(7)6-8/h1-2,4-6H,3H2. The highest BCUT2D eigenvalue weighted by Gasteiger charge is 2.09. The maximum Gasteiger partial charge on any atom is 0.287 e. The lowest BCUT2D eigenvalue weighted by Gasteiger charge is -2.07. The Bertz CT molecular complexity index is 619. The number of aromatic nitrogens is 1. The summed E-state index contributed by atoms with van der Waals surface area (Å²) in [5.74, 6) is -1.50. The lowest BCUT2D eigenvalue weighted by atomic mass is 10.2. The Labute approximate surface area is 88.9 Å². The van der Waals surface area contributed by atoms with Crippen LogP contribution in [0.3, 0.4) is 0 Å². The molecular formula is C11H7F2NO2. The Kier molecular flexibility index (Phi) is 2.52. The molecule has 1 aromatic heterocycles. The van der Waals surface area contributed by atoms with Gasteiger partial charge in [-0.1, -0.05) is 0 Å². The van der Waals surface area contributed by atoms with Crippen LogP contribution < -0.4 is 5.56 Å². The van der Waals surface area contributed by atoms with Crippen LogP contribution in [0.5, 0.6) is 0 Å². The number of carbonyl (C=O) groups excluding carboxylic acids is 1. The van der Waals surface area contributed by atoms with E-state index < -0.39 is 17.2 Å². The fraction of sp³-hybridized carbons (Fsp3) is 0.0909. The first-order valence-corrected chi connectivity index (χ1v) is 4.55. The van der Waals surface area contributed by atoms with Crippen molar-refractivity contribution in [2.75, 3.05) is 0 Å². The van der Waals surface area contributed by atoms with Gasteiger partial charge in [0.25, 0.3) is 5.56 Å². The summed E-state index contributed by atoms with van der Waals surface area (Å²) < 4.78 is 27.1. The summed E-state index contributed by atoms with van der Waals surface area (Å²) in [7, 11) is 0. The Morgan fingerprint density at radius 2 is 2.00 bits per heavy atom. The molecule has 0 saturated heterocycles. The normalized spacial score (nSPS) is 10.6. The molecule has 16 heavy (non-hydrogen) atoms. The molecule has 2 rings (SSSR count). The highest BCUT2D eigenvalue weighted by molar-refractivity contribution is 5.79. The molecule has 0 aliphatic heterocycles. The lowest BCUT2D eigenvalue weighted by molar-refractivity contribution is -0.108. The van der Waals surface area contributed by atoms with Gasteiger partial charge in [-0.2, -0.15) is 0 Å². The van der Waals surface area contributed by atoms with Gasteiger partial charge in [-0.15, -0.1) is 0 Å². The number of carbonyl (C=O) groups is 1. The van der Waals surface area contributed by atoms with E-state index in [1.54, 1.807) is 0 Å². The lowest BCUT2D eigenvalue weighted by Crippen LogP contribution is -2.23. The molecule has 0 N–H and O–H groups in total. The second-order valence-corrected chi connectivity index (χ2v) is 3.28. The summed E-state index contributed by atoms with van der Waals surface area (Å²) in [6.45, 7) is -0.295. The van der Waals surface area contributed by atoms with Crippen LogP contribution in [-0.2, 0) is 11.3 Å². The monoisotopic (exact) mass is 223 g/mol. The van der Waals surface area contributed by atoms with Gasteiger partial charge in [0.15, 0.2) is 5.82 Å². The van der Waals surface area contributed by atoms with Crippen molar-refractivity contribution in [2.45, 2.75) is 6.54 Å². The Balaban J connectivity index is 2.90. The zero-order valence-corrected chi connectivity index (χ0v) is 8.11. The van der Waals surface area contributed by atoms with Gasteiger partial charge in [0.05, 0.1) is 12.1 Å². The van der Waals surface area contributed by atoms with Crippen molar-refractivity contribution in [3.63, 3.8) is 0 Å².